The summed E-state index contributed by atoms with van der Waals surface area (Å²) < 4.78 is 0. The molecule has 4 heteroatoms. The lowest BCUT2D eigenvalue weighted by Gasteiger charge is -2.14. The van der Waals surface area contributed by atoms with Crippen LogP contribution < -0.4 is 5.32 Å². The average Bonchev–Trinajstić information content (AvgIpc) is 2.38. The molecule has 2 nitrogen and oxygen atoms in total. The maximum atomic E-state index is 9.22. The predicted octanol–water partition coefficient (Wildman–Crippen LogP) is 4.67. The van der Waals surface area contributed by atoms with Crippen LogP contribution in [-0.4, -0.2) is 0 Å². The Labute approximate surface area is 116 Å². The molecule has 0 saturated carbocycles. The zero-order chi connectivity index (χ0) is 13.0. The molecule has 90 valence electrons. The van der Waals surface area contributed by atoms with E-state index in [1.807, 2.05) is 30.3 Å². The molecule has 0 heterocycles. The molecule has 2 aromatic rings. The summed E-state index contributed by atoms with van der Waals surface area (Å²) in [5, 5.41) is 13.5. The average molecular weight is 277 g/mol. The summed E-state index contributed by atoms with van der Waals surface area (Å²) in [4.78, 5) is 0. The van der Waals surface area contributed by atoms with Gasteiger partial charge in [0.25, 0.3) is 0 Å². The van der Waals surface area contributed by atoms with Crippen molar-refractivity contribution in [1.82, 2.24) is 0 Å². The highest BCUT2D eigenvalue weighted by Crippen LogP contribution is 2.26. The number of para-hydroxylation sites is 1. The van der Waals surface area contributed by atoms with E-state index >= 15 is 0 Å². The largest absolute Gasteiger partial charge is 0.365 e. The molecule has 0 spiro atoms. The first-order valence-electron chi connectivity index (χ1n) is 5.37. The number of hydrogen-bond acceptors (Lipinski definition) is 2. The van der Waals surface area contributed by atoms with Crippen molar-refractivity contribution >= 4 is 28.9 Å². The number of anilines is 1. The molecular weight excluding hydrogens is 267 g/mol. The van der Waals surface area contributed by atoms with Gasteiger partial charge in [-0.3, -0.25) is 0 Å². The number of hydrogen-bond donors (Lipinski definition) is 1. The molecule has 18 heavy (non-hydrogen) atoms. The maximum absolute atomic E-state index is 9.22. The molecule has 1 unspecified atom stereocenters. The topological polar surface area (TPSA) is 35.8 Å². The van der Waals surface area contributed by atoms with Crippen LogP contribution >= 0.6 is 23.2 Å². The van der Waals surface area contributed by atoms with E-state index in [0.29, 0.717) is 10.0 Å². The van der Waals surface area contributed by atoms with E-state index in [1.54, 1.807) is 18.2 Å². The normalized spacial score (nSPS) is 11.6. The fraction of sp³-hybridized carbons (Fsp3) is 0.0714. The van der Waals surface area contributed by atoms with Crippen molar-refractivity contribution in [3.8, 4) is 6.07 Å². The van der Waals surface area contributed by atoms with Gasteiger partial charge in [0.1, 0.15) is 6.04 Å². The maximum Gasteiger partial charge on any atom is 0.140 e. The van der Waals surface area contributed by atoms with Crippen LogP contribution in [0.15, 0.2) is 48.5 Å². The first kappa shape index (κ1) is 12.8. The molecule has 0 radical (unpaired) electrons. The Bertz CT molecular complexity index is 590. The Morgan fingerprint density at radius 2 is 1.83 bits per heavy atom. The van der Waals surface area contributed by atoms with E-state index < -0.39 is 6.04 Å². The molecule has 0 aliphatic rings. The third-order valence-electron chi connectivity index (χ3n) is 2.48. The third kappa shape index (κ3) is 2.95. The van der Waals surface area contributed by atoms with Crippen LogP contribution in [0, 0.1) is 11.3 Å². The van der Waals surface area contributed by atoms with Crippen molar-refractivity contribution in [1.29, 1.82) is 5.26 Å². The van der Waals surface area contributed by atoms with E-state index in [2.05, 4.69) is 11.4 Å². The summed E-state index contributed by atoms with van der Waals surface area (Å²) in [6, 6.07) is 16.2. The Balaban J connectivity index is 2.26. The quantitative estimate of drug-likeness (QED) is 0.884. The van der Waals surface area contributed by atoms with Gasteiger partial charge in [-0.15, -0.1) is 0 Å². The lowest BCUT2D eigenvalue weighted by molar-refractivity contribution is 0.998. The van der Waals surface area contributed by atoms with Gasteiger partial charge < -0.3 is 5.32 Å². The summed E-state index contributed by atoms with van der Waals surface area (Å²) in [6.45, 7) is 0. The van der Waals surface area contributed by atoms with Gasteiger partial charge >= 0.3 is 0 Å². The third-order valence-corrected chi connectivity index (χ3v) is 3.05. The summed E-state index contributed by atoms with van der Waals surface area (Å²) in [5.41, 5.74) is 1.54. The molecule has 1 N–H and O–H groups in total. The molecule has 0 aromatic heterocycles. The highest BCUT2D eigenvalue weighted by Gasteiger charge is 2.11. The lowest BCUT2D eigenvalue weighted by atomic mass is 10.1. The lowest BCUT2D eigenvalue weighted by Crippen LogP contribution is -2.08. The van der Waals surface area contributed by atoms with Crippen molar-refractivity contribution in [2.75, 3.05) is 5.32 Å². The summed E-state index contributed by atoms with van der Waals surface area (Å²) in [5.74, 6) is 0. The van der Waals surface area contributed by atoms with E-state index in [-0.39, 0.29) is 0 Å². The van der Waals surface area contributed by atoms with E-state index in [1.165, 1.54) is 0 Å². The van der Waals surface area contributed by atoms with Gasteiger partial charge in [-0.25, -0.2) is 0 Å². The smallest absolute Gasteiger partial charge is 0.140 e. The predicted molar refractivity (Wildman–Crippen MR) is 74.9 cm³/mol. The van der Waals surface area contributed by atoms with Crippen molar-refractivity contribution in [3.63, 3.8) is 0 Å². The number of halogens is 2. The molecule has 0 fully saturated rings. The second-order valence-electron chi connectivity index (χ2n) is 3.74. The minimum atomic E-state index is -0.483. The Kier molecular flexibility index (Phi) is 4.09. The molecule has 0 aliphatic carbocycles. The summed E-state index contributed by atoms with van der Waals surface area (Å²) in [6.07, 6.45) is 0. The highest BCUT2D eigenvalue weighted by atomic mass is 35.5. The SMILES string of the molecule is N#CC(Nc1ccccc1Cl)c1cccc(Cl)c1. The Morgan fingerprint density at radius 1 is 1.06 bits per heavy atom. The van der Waals surface area contributed by atoms with Crippen LogP contribution in [0.4, 0.5) is 5.69 Å². The molecule has 2 aromatic carbocycles. The van der Waals surface area contributed by atoms with Gasteiger partial charge in [0.05, 0.1) is 16.8 Å². The standard InChI is InChI=1S/C14H10Cl2N2/c15-11-5-3-4-10(8-11)14(9-17)18-13-7-2-1-6-12(13)16/h1-8,14,18H. The second-order valence-corrected chi connectivity index (χ2v) is 4.58. The van der Waals surface area contributed by atoms with E-state index in [4.69, 9.17) is 23.2 Å². The Hall–Kier alpha value is -1.69. The highest BCUT2D eigenvalue weighted by molar-refractivity contribution is 6.33. The van der Waals surface area contributed by atoms with Gasteiger partial charge in [-0.05, 0) is 29.8 Å². The monoisotopic (exact) mass is 276 g/mol. The van der Waals surface area contributed by atoms with Gasteiger partial charge in [0.15, 0.2) is 0 Å². The summed E-state index contributed by atoms with van der Waals surface area (Å²) in [7, 11) is 0. The zero-order valence-corrected chi connectivity index (χ0v) is 10.9. The number of benzene rings is 2. The molecule has 0 saturated heterocycles. The van der Waals surface area contributed by atoms with Crippen LogP contribution in [0.3, 0.4) is 0 Å². The van der Waals surface area contributed by atoms with Crippen molar-refractivity contribution in [2.24, 2.45) is 0 Å². The van der Waals surface area contributed by atoms with Gasteiger partial charge in [0.2, 0.25) is 0 Å². The van der Waals surface area contributed by atoms with E-state index in [9.17, 15) is 5.26 Å². The van der Waals surface area contributed by atoms with E-state index in [0.717, 1.165) is 11.3 Å². The molecule has 2 rings (SSSR count). The Morgan fingerprint density at radius 3 is 2.50 bits per heavy atom. The number of rotatable bonds is 3. The van der Waals surface area contributed by atoms with Gasteiger partial charge in [-0.2, -0.15) is 5.26 Å². The first-order chi connectivity index (χ1) is 8.70. The molecular formula is C14H10Cl2N2. The number of nitrogens with one attached hydrogen (secondary N) is 1. The fourth-order valence-electron chi connectivity index (χ4n) is 1.61. The van der Waals surface area contributed by atoms with Crippen LogP contribution in [0.25, 0.3) is 0 Å². The zero-order valence-electron chi connectivity index (χ0n) is 9.40. The van der Waals surface area contributed by atoms with Crippen LogP contribution in [-0.2, 0) is 0 Å². The number of nitrogens with zero attached hydrogens (tertiary/aromatic N) is 1. The fourth-order valence-corrected chi connectivity index (χ4v) is 2.00. The van der Waals surface area contributed by atoms with Crippen LogP contribution in [0.1, 0.15) is 11.6 Å². The van der Waals surface area contributed by atoms with Crippen molar-refractivity contribution in [3.05, 3.63) is 64.1 Å². The number of nitriles is 1. The van der Waals surface area contributed by atoms with Crippen LogP contribution in [0.5, 0.6) is 0 Å². The molecule has 1 atom stereocenters. The molecule has 0 bridgehead atoms. The van der Waals surface area contributed by atoms with Crippen molar-refractivity contribution in [2.45, 2.75) is 6.04 Å². The summed E-state index contributed by atoms with van der Waals surface area (Å²) >= 11 is 12.0. The second kappa shape index (κ2) is 5.77. The molecule has 0 aliphatic heterocycles. The first-order valence-corrected chi connectivity index (χ1v) is 6.12. The van der Waals surface area contributed by atoms with Gasteiger partial charge in [0, 0.05) is 5.02 Å². The minimum absolute atomic E-state index is 0.483. The molecule has 0 amide bonds. The minimum Gasteiger partial charge on any atom is -0.365 e. The van der Waals surface area contributed by atoms with Crippen molar-refractivity contribution < 1.29 is 0 Å². The van der Waals surface area contributed by atoms with Gasteiger partial charge in [-0.1, -0.05) is 47.5 Å². The van der Waals surface area contributed by atoms with Crippen LogP contribution in [0.2, 0.25) is 10.0 Å².